The van der Waals surface area contributed by atoms with Crippen molar-refractivity contribution in [3.05, 3.63) is 16.7 Å². The smallest absolute Gasteiger partial charge is 0.280 e. The molecule has 0 aromatic carbocycles. The Labute approximate surface area is 66.2 Å². The normalized spacial score (nSPS) is 10.8. The molecule has 0 atom stereocenters. The van der Waals surface area contributed by atoms with Gasteiger partial charge in [-0.25, -0.2) is 9.67 Å². The highest BCUT2D eigenvalue weighted by atomic mass is 16.1. The lowest BCUT2D eigenvalue weighted by atomic mass is 10.5. The van der Waals surface area contributed by atoms with Gasteiger partial charge in [0.25, 0.3) is 5.56 Å². The second kappa shape index (κ2) is 2.38. The summed E-state index contributed by atoms with van der Waals surface area (Å²) in [7, 11) is 0. The van der Waals surface area contributed by atoms with Crippen LogP contribution in [0.3, 0.4) is 0 Å². The zero-order valence-electron chi connectivity index (χ0n) is 6.06. The van der Waals surface area contributed by atoms with Gasteiger partial charge in [0.2, 0.25) is 0 Å². The van der Waals surface area contributed by atoms with Gasteiger partial charge in [0.05, 0.1) is 13.0 Å². The van der Waals surface area contributed by atoms with Gasteiger partial charge in [0.15, 0.2) is 11.2 Å². The highest BCUT2D eigenvalue weighted by Crippen LogP contribution is 1.97. The lowest BCUT2D eigenvalue weighted by Gasteiger charge is -1.92. The van der Waals surface area contributed by atoms with E-state index in [1.54, 1.807) is 0 Å². The van der Waals surface area contributed by atoms with Crippen molar-refractivity contribution >= 4 is 11.2 Å². The minimum atomic E-state index is -0.306. The summed E-state index contributed by atoms with van der Waals surface area (Å²) < 4.78 is 1.35. The second-order valence-corrected chi connectivity index (χ2v) is 2.18. The van der Waals surface area contributed by atoms with Crippen LogP contribution in [-0.4, -0.2) is 25.0 Å². The molecule has 2 heterocycles. The van der Waals surface area contributed by atoms with E-state index in [0.717, 1.165) is 0 Å². The molecule has 0 bridgehead atoms. The molecule has 0 saturated heterocycles. The van der Waals surface area contributed by atoms with Crippen molar-refractivity contribution in [2.45, 2.75) is 6.67 Å². The number of aromatic nitrogens is 5. The summed E-state index contributed by atoms with van der Waals surface area (Å²) in [5.41, 5.74) is 5.63. The van der Waals surface area contributed by atoms with Crippen LogP contribution in [-0.2, 0) is 6.67 Å². The van der Waals surface area contributed by atoms with Crippen LogP contribution in [0.15, 0.2) is 11.1 Å². The van der Waals surface area contributed by atoms with E-state index in [1.807, 2.05) is 0 Å². The number of nitrogens with zero attached hydrogens (tertiary/aromatic N) is 4. The number of nitrogens with one attached hydrogen (secondary N) is 1. The highest BCUT2D eigenvalue weighted by molar-refractivity contribution is 5.67. The summed E-state index contributed by atoms with van der Waals surface area (Å²) in [5.74, 6) is 0. The molecule has 0 unspecified atom stereocenters. The first-order chi connectivity index (χ1) is 5.83. The maximum absolute atomic E-state index is 11.1. The van der Waals surface area contributed by atoms with E-state index < -0.39 is 0 Å². The molecule has 7 heteroatoms. The molecule has 0 fully saturated rings. The number of hydrogen-bond acceptors (Lipinski definition) is 5. The third-order valence-corrected chi connectivity index (χ3v) is 1.48. The van der Waals surface area contributed by atoms with E-state index in [-0.39, 0.29) is 17.7 Å². The Kier molecular flexibility index (Phi) is 1.37. The van der Waals surface area contributed by atoms with Crippen LogP contribution in [0.1, 0.15) is 0 Å². The van der Waals surface area contributed by atoms with E-state index in [1.165, 1.54) is 11.0 Å². The average molecular weight is 166 g/mol. The van der Waals surface area contributed by atoms with Crippen molar-refractivity contribution in [3.63, 3.8) is 0 Å². The molecule has 7 nitrogen and oxygen atoms in total. The van der Waals surface area contributed by atoms with E-state index in [4.69, 9.17) is 5.73 Å². The van der Waals surface area contributed by atoms with Gasteiger partial charge in [0.1, 0.15) is 0 Å². The highest BCUT2D eigenvalue weighted by Gasteiger charge is 2.06. The van der Waals surface area contributed by atoms with Gasteiger partial charge in [-0.15, -0.1) is 5.10 Å². The van der Waals surface area contributed by atoms with Crippen molar-refractivity contribution < 1.29 is 0 Å². The number of fused-ring (bicyclic) bond motifs is 1. The maximum atomic E-state index is 11.1. The summed E-state index contributed by atoms with van der Waals surface area (Å²) in [6.45, 7) is 0.160. The van der Waals surface area contributed by atoms with Crippen molar-refractivity contribution in [1.29, 1.82) is 0 Å². The van der Waals surface area contributed by atoms with Gasteiger partial charge in [-0.2, -0.15) is 0 Å². The summed E-state index contributed by atoms with van der Waals surface area (Å²) in [6.07, 6.45) is 1.29. The van der Waals surface area contributed by atoms with Gasteiger partial charge in [-0.1, -0.05) is 5.21 Å². The van der Waals surface area contributed by atoms with Gasteiger partial charge < -0.3 is 10.7 Å². The average Bonchev–Trinajstić information content (AvgIpc) is 2.49. The summed E-state index contributed by atoms with van der Waals surface area (Å²) in [5, 5.41) is 7.25. The van der Waals surface area contributed by atoms with E-state index in [2.05, 4.69) is 20.3 Å². The standard InChI is InChI=1S/C5H6N6O/c6-1-11-4-3(9-10-11)5(12)8-2-7-4/h2H,1,6H2,(H,7,8,12). The number of H-pyrrole nitrogens is 1. The number of rotatable bonds is 1. The van der Waals surface area contributed by atoms with E-state index >= 15 is 0 Å². The molecule has 2 aromatic heterocycles. The Morgan fingerprint density at radius 1 is 1.67 bits per heavy atom. The quantitative estimate of drug-likeness (QED) is 0.532. The van der Waals surface area contributed by atoms with E-state index in [9.17, 15) is 4.79 Å². The monoisotopic (exact) mass is 166 g/mol. The second-order valence-electron chi connectivity index (χ2n) is 2.18. The van der Waals surface area contributed by atoms with Crippen molar-refractivity contribution in [2.24, 2.45) is 5.73 Å². The fourth-order valence-electron chi connectivity index (χ4n) is 0.926. The summed E-state index contributed by atoms with van der Waals surface area (Å²) in [4.78, 5) is 17.3. The first-order valence-corrected chi connectivity index (χ1v) is 3.30. The Morgan fingerprint density at radius 2 is 2.50 bits per heavy atom. The third kappa shape index (κ3) is 0.800. The summed E-state index contributed by atoms with van der Waals surface area (Å²) >= 11 is 0. The van der Waals surface area contributed by atoms with Gasteiger partial charge in [-0.3, -0.25) is 4.79 Å². The first-order valence-electron chi connectivity index (χ1n) is 3.30. The van der Waals surface area contributed by atoms with Crippen molar-refractivity contribution in [3.8, 4) is 0 Å². The molecule has 0 spiro atoms. The van der Waals surface area contributed by atoms with Crippen LogP contribution in [0, 0.1) is 0 Å². The first kappa shape index (κ1) is 6.92. The zero-order valence-corrected chi connectivity index (χ0v) is 6.06. The van der Waals surface area contributed by atoms with Gasteiger partial charge >= 0.3 is 0 Å². The Hall–Kier alpha value is -1.76. The molecule has 0 aliphatic heterocycles. The van der Waals surface area contributed by atoms with E-state index in [0.29, 0.717) is 5.65 Å². The van der Waals surface area contributed by atoms with Crippen LogP contribution in [0.4, 0.5) is 0 Å². The fraction of sp³-hybridized carbons (Fsp3) is 0.200. The minimum absolute atomic E-state index is 0.160. The number of aromatic amines is 1. The largest absolute Gasteiger partial charge is 0.312 e. The van der Waals surface area contributed by atoms with Crippen LogP contribution in [0.5, 0.6) is 0 Å². The van der Waals surface area contributed by atoms with Crippen LogP contribution >= 0.6 is 0 Å². The minimum Gasteiger partial charge on any atom is -0.312 e. The molecular formula is C5H6N6O. The molecular weight excluding hydrogens is 160 g/mol. The molecule has 2 aromatic rings. The predicted molar refractivity (Wildman–Crippen MR) is 40.1 cm³/mol. The Bertz CT molecular complexity index is 456. The lowest BCUT2D eigenvalue weighted by Crippen LogP contribution is -2.11. The maximum Gasteiger partial charge on any atom is 0.280 e. The Morgan fingerprint density at radius 3 is 3.25 bits per heavy atom. The molecule has 0 amide bonds. The molecule has 62 valence electrons. The molecule has 12 heavy (non-hydrogen) atoms. The third-order valence-electron chi connectivity index (χ3n) is 1.48. The molecule has 0 radical (unpaired) electrons. The SMILES string of the molecule is NCn1nnc2c(=O)[nH]cnc21. The molecule has 3 N–H and O–H groups in total. The lowest BCUT2D eigenvalue weighted by molar-refractivity contribution is 0.622. The topological polar surface area (TPSA) is 102 Å². The number of nitrogens with two attached hydrogens (primary N) is 1. The fourth-order valence-corrected chi connectivity index (χ4v) is 0.926. The van der Waals surface area contributed by atoms with Gasteiger partial charge in [0, 0.05) is 0 Å². The summed E-state index contributed by atoms with van der Waals surface area (Å²) in [6, 6.07) is 0. The molecule has 0 aliphatic rings. The Balaban J connectivity index is 2.89. The van der Waals surface area contributed by atoms with Crippen molar-refractivity contribution in [2.75, 3.05) is 0 Å². The van der Waals surface area contributed by atoms with Gasteiger partial charge in [-0.05, 0) is 0 Å². The zero-order chi connectivity index (χ0) is 8.55. The molecule has 2 rings (SSSR count). The molecule has 0 saturated carbocycles. The molecule has 0 aliphatic carbocycles. The van der Waals surface area contributed by atoms with Crippen LogP contribution in [0.25, 0.3) is 11.2 Å². The van der Waals surface area contributed by atoms with Crippen LogP contribution in [0.2, 0.25) is 0 Å². The predicted octanol–water partition coefficient (Wildman–Crippen LogP) is -1.57. The number of hydrogen-bond donors (Lipinski definition) is 2. The van der Waals surface area contributed by atoms with Crippen molar-refractivity contribution in [1.82, 2.24) is 25.0 Å². The van der Waals surface area contributed by atoms with Crippen LogP contribution < -0.4 is 11.3 Å².